The maximum Gasteiger partial charge on any atom is 0.333 e. The summed E-state index contributed by atoms with van der Waals surface area (Å²) in [6.07, 6.45) is 0.846. The minimum Gasteiger partial charge on any atom is -0.447 e. The molecule has 9 nitrogen and oxygen atoms in total. The van der Waals surface area contributed by atoms with Gasteiger partial charge in [0.1, 0.15) is 6.10 Å². The van der Waals surface area contributed by atoms with E-state index in [1.807, 2.05) is 12.1 Å². The van der Waals surface area contributed by atoms with Gasteiger partial charge < -0.3 is 18.5 Å². The predicted octanol–water partition coefficient (Wildman–Crippen LogP) is 3.09. The van der Waals surface area contributed by atoms with Crippen molar-refractivity contribution in [3.63, 3.8) is 0 Å². The molecule has 1 saturated carbocycles. The highest BCUT2D eigenvalue weighted by atomic mass is 31.2. The molecule has 3 rings (SSSR count). The van der Waals surface area contributed by atoms with Crippen LogP contribution in [0.25, 0.3) is 0 Å². The molecular weight excluding hydrogens is 383 g/mol. The van der Waals surface area contributed by atoms with Crippen LogP contribution in [0.4, 0.5) is 0 Å². The number of nitriles is 3. The van der Waals surface area contributed by atoms with Crippen LogP contribution in [0.5, 0.6) is 0 Å². The van der Waals surface area contributed by atoms with Crippen molar-refractivity contribution >= 4 is 13.5 Å². The van der Waals surface area contributed by atoms with Gasteiger partial charge in [0.05, 0.1) is 43.5 Å². The topological polar surface area (TPSA) is 149 Å². The van der Waals surface area contributed by atoms with Crippen molar-refractivity contribution < 1.29 is 23.1 Å². The summed E-state index contributed by atoms with van der Waals surface area (Å²) in [4.78, 5) is 0. The smallest absolute Gasteiger partial charge is 0.333 e. The first kappa shape index (κ1) is 20.8. The van der Waals surface area contributed by atoms with Gasteiger partial charge in [0.2, 0.25) is 11.7 Å². The van der Waals surface area contributed by atoms with Crippen molar-refractivity contribution in [1.29, 1.82) is 21.2 Å². The summed E-state index contributed by atoms with van der Waals surface area (Å²) in [5, 5.41) is 38.7. The highest BCUT2D eigenvalue weighted by molar-refractivity contribution is 7.53. The molecule has 28 heavy (non-hydrogen) atoms. The average Bonchev–Trinajstić information content (AvgIpc) is 2.88. The monoisotopic (exact) mass is 406 g/mol. The van der Waals surface area contributed by atoms with E-state index < -0.39 is 42.1 Å². The van der Waals surface area contributed by atoms with Crippen LogP contribution in [0.15, 0.2) is 0 Å². The summed E-state index contributed by atoms with van der Waals surface area (Å²) < 4.78 is 35.7. The van der Waals surface area contributed by atoms with Gasteiger partial charge in [-0.2, -0.15) is 15.8 Å². The van der Waals surface area contributed by atoms with E-state index in [0.717, 1.165) is 12.8 Å². The summed E-state index contributed by atoms with van der Waals surface area (Å²) in [5.74, 6) is -2.30. The van der Waals surface area contributed by atoms with Gasteiger partial charge in [0, 0.05) is 6.42 Å². The molecule has 3 fully saturated rings. The van der Waals surface area contributed by atoms with Crippen LogP contribution >= 0.6 is 7.60 Å². The summed E-state index contributed by atoms with van der Waals surface area (Å²) in [6.45, 7) is 3.54. The third-order valence-electron chi connectivity index (χ3n) is 5.97. The molecule has 2 bridgehead atoms. The quantitative estimate of drug-likeness (QED) is 0.661. The Morgan fingerprint density at radius 1 is 1.18 bits per heavy atom. The third kappa shape index (κ3) is 2.53. The first-order valence-electron chi connectivity index (χ1n) is 9.41. The Balaban J connectivity index is 2.16. The van der Waals surface area contributed by atoms with E-state index in [1.165, 1.54) is 0 Å². The summed E-state index contributed by atoms with van der Waals surface area (Å²) in [5.41, 5.74) is -3.85. The van der Waals surface area contributed by atoms with Crippen molar-refractivity contribution in [3.8, 4) is 18.2 Å². The maximum absolute atomic E-state index is 13.1. The lowest BCUT2D eigenvalue weighted by atomic mass is 9.52. The van der Waals surface area contributed by atoms with Gasteiger partial charge in [-0.05, 0) is 26.7 Å². The summed E-state index contributed by atoms with van der Waals surface area (Å²) in [7, 11) is -3.69. The van der Waals surface area contributed by atoms with Crippen LogP contribution in [-0.2, 0) is 23.1 Å². The molecule has 0 aromatic rings. The van der Waals surface area contributed by atoms with E-state index in [1.54, 1.807) is 13.8 Å². The second-order valence-electron chi connectivity index (χ2n) is 7.23. The SMILES string of the molecule is CCOP(=O)(CC1OC23CCCCC2C(C#N)(C(=N)O3)C1(C#N)C#N)OCC. The van der Waals surface area contributed by atoms with E-state index in [4.69, 9.17) is 23.9 Å². The van der Waals surface area contributed by atoms with Gasteiger partial charge >= 0.3 is 7.60 Å². The molecule has 1 aliphatic carbocycles. The highest BCUT2D eigenvalue weighted by Gasteiger charge is 2.80. The number of nitrogens with one attached hydrogen (secondary N) is 1. The minimum atomic E-state index is -3.69. The maximum atomic E-state index is 13.1. The van der Waals surface area contributed by atoms with Gasteiger partial charge in [-0.1, -0.05) is 6.42 Å². The summed E-state index contributed by atoms with van der Waals surface area (Å²) in [6, 6.07) is 5.96. The van der Waals surface area contributed by atoms with E-state index in [9.17, 15) is 20.4 Å². The first-order valence-corrected chi connectivity index (χ1v) is 11.1. The van der Waals surface area contributed by atoms with E-state index in [2.05, 4.69) is 6.07 Å². The van der Waals surface area contributed by atoms with Crippen LogP contribution in [0.3, 0.4) is 0 Å². The van der Waals surface area contributed by atoms with E-state index in [0.29, 0.717) is 12.8 Å². The zero-order chi connectivity index (χ0) is 20.6. The van der Waals surface area contributed by atoms with E-state index >= 15 is 0 Å². The average molecular weight is 406 g/mol. The number of nitrogens with zero attached hydrogens (tertiary/aromatic N) is 3. The zero-order valence-electron chi connectivity index (χ0n) is 15.9. The van der Waals surface area contributed by atoms with Crippen molar-refractivity contribution in [2.75, 3.05) is 19.4 Å². The van der Waals surface area contributed by atoms with Crippen molar-refractivity contribution in [1.82, 2.24) is 0 Å². The largest absolute Gasteiger partial charge is 0.447 e. The van der Waals surface area contributed by atoms with Crippen LogP contribution in [0.2, 0.25) is 0 Å². The fourth-order valence-corrected chi connectivity index (χ4v) is 6.70. The molecule has 0 aromatic carbocycles. The van der Waals surface area contributed by atoms with Crippen molar-refractivity contribution in [3.05, 3.63) is 0 Å². The third-order valence-corrected chi connectivity index (χ3v) is 8.05. The molecule has 2 saturated heterocycles. The number of hydrogen-bond acceptors (Lipinski definition) is 9. The zero-order valence-corrected chi connectivity index (χ0v) is 16.8. The van der Waals surface area contributed by atoms with Crippen LogP contribution in [0.1, 0.15) is 39.5 Å². The number of rotatable bonds is 6. The Bertz CT molecular complexity index is 818. The molecule has 150 valence electrons. The Labute approximate surface area is 164 Å². The molecule has 2 aliphatic heterocycles. The molecule has 4 atom stereocenters. The second kappa shape index (κ2) is 7.14. The van der Waals surface area contributed by atoms with Crippen LogP contribution < -0.4 is 0 Å². The molecule has 2 heterocycles. The van der Waals surface area contributed by atoms with Gasteiger partial charge in [0.25, 0.3) is 0 Å². The van der Waals surface area contributed by atoms with Gasteiger partial charge in [-0.3, -0.25) is 9.97 Å². The lowest BCUT2D eigenvalue weighted by Crippen LogP contribution is -2.64. The molecule has 0 radical (unpaired) electrons. The Morgan fingerprint density at radius 3 is 2.36 bits per heavy atom. The standard InChI is InChI=1S/C18H23N4O5P/c1-3-24-28(23,25-4-2)9-14-16(10-19,11-20)17(12-21)13-7-5-6-8-18(13,26-14)27-15(17)22/h13-14,22H,3-9H2,1-2H3. The Kier molecular flexibility index (Phi) is 5.30. The molecule has 3 aliphatic rings. The lowest BCUT2D eigenvalue weighted by Gasteiger charge is -2.51. The van der Waals surface area contributed by atoms with Crippen LogP contribution in [0, 0.1) is 56.2 Å². The Hall–Kier alpha value is -1.95. The van der Waals surface area contributed by atoms with Crippen LogP contribution in [-0.4, -0.2) is 37.2 Å². The Morgan fingerprint density at radius 2 is 1.82 bits per heavy atom. The lowest BCUT2D eigenvalue weighted by molar-refractivity contribution is -0.286. The number of ether oxygens (including phenoxy) is 2. The molecule has 4 unspecified atom stereocenters. The minimum absolute atomic E-state index is 0.111. The molecule has 10 heteroatoms. The van der Waals surface area contributed by atoms with Gasteiger partial charge in [-0.15, -0.1) is 0 Å². The van der Waals surface area contributed by atoms with Crippen molar-refractivity contribution in [2.45, 2.75) is 51.4 Å². The predicted molar refractivity (Wildman–Crippen MR) is 95.8 cm³/mol. The fourth-order valence-electron chi connectivity index (χ4n) is 4.87. The molecule has 0 amide bonds. The normalized spacial score (nSPS) is 35.8. The molecule has 0 aromatic heterocycles. The highest BCUT2D eigenvalue weighted by Crippen LogP contribution is 2.68. The fraction of sp³-hybridized carbons (Fsp3) is 0.778. The van der Waals surface area contributed by atoms with Gasteiger partial charge in [0.15, 0.2) is 10.8 Å². The van der Waals surface area contributed by atoms with E-state index in [-0.39, 0.29) is 19.4 Å². The molecule has 0 spiro atoms. The first-order chi connectivity index (χ1) is 13.3. The number of hydrogen-bond donors (Lipinski definition) is 1. The molecule has 1 N–H and O–H groups in total. The second-order valence-corrected chi connectivity index (χ2v) is 9.33. The van der Waals surface area contributed by atoms with Crippen molar-refractivity contribution in [2.24, 2.45) is 16.7 Å². The summed E-state index contributed by atoms with van der Waals surface area (Å²) >= 11 is 0. The van der Waals surface area contributed by atoms with Gasteiger partial charge in [-0.25, -0.2) is 0 Å². The molecular formula is C18H23N4O5P.